The van der Waals surface area contributed by atoms with Crippen molar-refractivity contribution in [2.24, 2.45) is 0 Å². The van der Waals surface area contributed by atoms with Gasteiger partial charge >= 0.3 is 0 Å². The van der Waals surface area contributed by atoms with E-state index in [2.05, 4.69) is 15.0 Å². The maximum Gasteiger partial charge on any atom is 0.273 e. The van der Waals surface area contributed by atoms with Crippen LogP contribution in [0, 0.1) is 0 Å². The van der Waals surface area contributed by atoms with Crippen LogP contribution in [0.4, 0.5) is 0 Å². The van der Waals surface area contributed by atoms with E-state index in [-0.39, 0.29) is 5.91 Å². The van der Waals surface area contributed by atoms with Crippen LogP contribution in [-0.2, 0) is 6.42 Å². The van der Waals surface area contributed by atoms with Crippen LogP contribution in [-0.4, -0.2) is 24.7 Å². The highest BCUT2D eigenvalue weighted by atomic mass is 16.5. The maximum absolute atomic E-state index is 11.5. The van der Waals surface area contributed by atoms with Gasteiger partial charge in [-0.3, -0.25) is 4.79 Å². The van der Waals surface area contributed by atoms with E-state index in [4.69, 9.17) is 4.74 Å². The number of carbonyl (C=O) groups is 1. The first kappa shape index (κ1) is 12.2. The Morgan fingerprint density at radius 1 is 1.33 bits per heavy atom. The molecule has 0 aliphatic heterocycles. The van der Waals surface area contributed by atoms with Gasteiger partial charge in [-0.1, -0.05) is 17.3 Å². The first-order chi connectivity index (χ1) is 8.79. The van der Waals surface area contributed by atoms with Crippen molar-refractivity contribution in [3.05, 3.63) is 47.9 Å². The third-order valence-corrected chi connectivity index (χ3v) is 2.53. The molecule has 5 nitrogen and oxygen atoms in total. The van der Waals surface area contributed by atoms with Crippen molar-refractivity contribution >= 4 is 5.91 Å². The zero-order chi connectivity index (χ0) is 12.8. The molecule has 0 spiro atoms. The number of amides is 1. The fraction of sp³-hybridized carbons (Fsp3) is 0.231. The summed E-state index contributed by atoms with van der Waals surface area (Å²) in [5.41, 5.74) is 1.43. The topological polar surface area (TPSA) is 64.4 Å². The average molecular weight is 246 g/mol. The van der Waals surface area contributed by atoms with E-state index in [0.717, 1.165) is 17.7 Å². The molecule has 0 aliphatic carbocycles. The van der Waals surface area contributed by atoms with Crippen LogP contribution < -0.4 is 10.1 Å². The van der Waals surface area contributed by atoms with E-state index < -0.39 is 0 Å². The molecule has 2 rings (SSSR count). The van der Waals surface area contributed by atoms with Crippen molar-refractivity contribution in [1.82, 2.24) is 10.5 Å². The predicted molar refractivity (Wildman–Crippen MR) is 65.5 cm³/mol. The average Bonchev–Trinajstić information content (AvgIpc) is 2.93. The summed E-state index contributed by atoms with van der Waals surface area (Å²) < 4.78 is 9.67. The monoisotopic (exact) mass is 246 g/mol. The van der Waals surface area contributed by atoms with E-state index in [9.17, 15) is 4.79 Å². The minimum Gasteiger partial charge on any atom is -0.497 e. The van der Waals surface area contributed by atoms with Crippen molar-refractivity contribution in [3.8, 4) is 5.75 Å². The molecule has 1 heterocycles. The number of hydrogen-bond acceptors (Lipinski definition) is 4. The molecule has 1 aromatic carbocycles. The maximum atomic E-state index is 11.5. The summed E-state index contributed by atoms with van der Waals surface area (Å²) in [4.78, 5) is 11.5. The molecule has 18 heavy (non-hydrogen) atoms. The van der Waals surface area contributed by atoms with E-state index in [1.165, 1.54) is 12.3 Å². The van der Waals surface area contributed by atoms with Gasteiger partial charge in [0, 0.05) is 12.6 Å². The number of benzene rings is 1. The van der Waals surface area contributed by atoms with Gasteiger partial charge in [0.25, 0.3) is 5.91 Å². The van der Waals surface area contributed by atoms with Gasteiger partial charge < -0.3 is 14.6 Å². The number of carbonyl (C=O) groups excluding carboxylic acids is 1. The van der Waals surface area contributed by atoms with Gasteiger partial charge in [-0.25, -0.2) is 0 Å². The van der Waals surface area contributed by atoms with Crippen molar-refractivity contribution in [2.45, 2.75) is 6.42 Å². The van der Waals surface area contributed by atoms with E-state index in [1.54, 1.807) is 7.11 Å². The van der Waals surface area contributed by atoms with Crippen molar-refractivity contribution < 1.29 is 14.1 Å². The number of methoxy groups -OCH3 is 1. The summed E-state index contributed by atoms with van der Waals surface area (Å²) in [6.45, 7) is 0.554. The number of rotatable bonds is 5. The molecule has 1 amide bonds. The zero-order valence-corrected chi connectivity index (χ0v) is 10.1. The van der Waals surface area contributed by atoms with Gasteiger partial charge in [-0.2, -0.15) is 0 Å². The molecule has 0 aliphatic rings. The molecule has 0 radical (unpaired) electrons. The van der Waals surface area contributed by atoms with Crippen LogP contribution >= 0.6 is 0 Å². The SMILES string of the molecule is COc1ccc(CCNC(=O)c2ccon2)cc1. The lowest BCUT2D eigenvalue weighted by Gasteiger charge is -2.04. The van der Waals surface area contributed by atoms with Gasteiger partial charge in [-0.15, -0.1) is 0 Å². The number of ether oxygens (including phenoxy) is 1. The van der Waals surface area contributed by atoms with E-state index in [0.29, 0.717) is 12.2 Å². The second-order valence-corrected chi connectivity index (χ2v) is 3.74. The van der Waals surface area contributed by atoms with Gasteiger partial charge in [0.05, 0.1) is 7.11 Å². The Balaban J connectivity index is 1.79. The standard InChI is InChI=1S/C13H14N2O3/c1-17-11-4-2-10(3-5-11)6-8-14-13(16)12-7-9-18-15-12/h2-5,7,9H,6,8H2,1H3,(H,14,16). The molecule has 0 fully saturated rings. The Kier molecular flexibility index (Phi) is 3.96. The van der Waals surface area contributed by atoms with Gasteiger partial charge in [-0.05, 0) is 24.1 Å². The summed E-state index contributed by atoms with van der Waals surface area (Å²) in [7, 11) is 1.63. The molecule has 0 unspecified atom stereocenters. The van der Waals surface area contributed by atoms with Crippen molar-refractivity contribution in [2.75, 3.05) is 13.7 Å². The van der Waals surface area contributed by atoms with Crippen LogP contribution in [0.3, 0.4) is 0 Å². The minimum absolute atomic E-state index is 0.225. The molecule has 0 bridgehead atoms. The molecule has 2 aromatic rings. The Hall–Kier alpha value is -2.30. The molecule has 5 heteroatoms. The second-order valence-electron chi connectivity index (χ2n) is 3.74. The number of nitrogens with zero attached hydrogens (tertiary/aromatic N) is 1. The van der Waals surface area contributed by atoms with Crippen LogP contribution in [0.2, 0.25) is 0 Å². The minimum atomic E-state index is -0.225. The van der Waals surface area contributed by atoms with E-state index >= 15 is 0 Å². The first-order valence-electron chi connectivity index (χ1n) is 5.61. The summed E-state index contributed by atoms with van der Waals surface area (Å²) in [6, 6.07) is 9.27. The van der Waals surface area contributed by atoms with Crippen LogP contribution in [0.5, 0.6) is 5.75 Å². The van der Waals surface area contributed by atoms with Crippen molar-refractivity contribution in [1.29, 1.82) is 0 Å². The normalized spacial score (nSPS) is 10.1. The predicted octanol–water partition coefficient (Wildman–Crippen LogP) is 1.66. The summed E-state index contributed by atoms with van der Waals surface area (Å²) in [6.07, 6.45) is 2.13. The van der Waals surface area contributed by atoms with Gasteiger partial charge in [0.2, 0.25) is 0 Å². The fourth-order valence-electron chi connectivity index (χ4n) is 1.53. The first-order valence-corrected chi connectivity index (χ1v) is 5.61. The van der Waals surface area contributed by atoms with Gasteiger partial charge in [0.1, 0.15) is 12.0 Å². The molecule has 0 atom stereocenters. The molecular weight excluding hydrogens is 232 g/mol. The van der Waals surface area contributed by atoms with Crippen LogP contribution in [0.1, 0.15) is 16.1 Å². The lowest BCUT2D eigenvalue weighted by atomic mass is 10.1. The Labute approximate surface area is 105 Å². The number of nitrogens with one attached hydrogen (secondary N) is 1. The third kappa shape index (κ3) is 3.10. The molecule has 0 saturated heterocycles. The summed E-state index contributed by atoms with van der Waals surface area (Å²) >= 11 is 0. The number of aromatic nitrogens is 1. The Bertz CT molecular complexity index is 491. The zero-order valence-electron chi connectivity index (χ0n) is 10.1. The lowest BCUT2D eigenvalue weighted by Crippen LogP contribution is -2.25. The highest BCUT2D eigenvalue weighted by molar-refractivity contribution is 5.91. The molecule has 1 N–H and O–H groups in total. The summed E-state index contributed by atoms with van der Waals surface area (Å²) in [5, 5.41) is 6.33. The lowest BCUT2D eigenvalue weighted by molar-refractivity contribution is 0.0945. The highest BCUT2D eigenvalue weighted by Crippen LogP contribution is 2.11. The Morgan fingerprint density at radius 2 is 2.11 bits per heavy atom. The van der Waals surface area contributed by atoms with Crippen LogP contribution in [0.25, 0.3) is 0 Å². The highest BCUT2D eigenvalue weighted by Gasteiger charge is 2.07. The molecule has 94 valence electrons. The summed E-state index contributed by atoms with van der Waals surface area (Å²) in [5.74, 6) is 0.600. The molecule has 1 aromatic heterocycles. The quantitative estimate of drug-likeness (QED) is 0.871. The van der Waals surface area contributed by atoms with Crippen molar-refractivity contribution in [3.63, 3.8) is 0 Å². The Morgan fingerprint density at radius 3 is 2.72 bits per heavy atom. The number of hydrogen-bond donors (Lipinski definition) is 1. The molecule has 0 saturated carbocycles. The fourth-order valence-corrected chi connectivity index (χ4v) is 1.53. The second kappa shape index (κ2) is 5.86. The van der Waals surface area contributed by atoms with E-state index in [1.807, 2.05) is 24.3 Å². The largest absolute Gasteiger partial charge is 0.497 e. The van der Waals surface area contributed by atoms with Crippen LogP contribution in [0.15, 0.2) is 41.1 Å². The third-order valence-electron chi connectivity index (χ3n) is 2.53. The van der Waals surface area contributed by atoms with Gasteiger partial charge in [0.15, 0.2) is 5.69 Å². The smallest absolute Gasteiger partial charge is 0.273 e. The molecular formula is C13H14N2O3.